The van der Waals surface area contributed by atoms with Crippen molar-refractivity contribution < 1.29 is 18.3 Å². The zero-order chi connectivity index (χ0) is 21.0. The number of nitrogens with two attached hydrogens (primary N) is 1. The molecule has 1 aromatic heterocycles. The van der Waals surface area contributed by atoms with Crippen LogP contribution in [0, 0.1) is 11.6 Å². The van der Waals surface area contributed by atoms with Gasteiger partial charge in [0.1, 0.15) is 5.82 Å². The molecule has 6 nitrogen and oxygen atoms in total. The third-order valence-corrected chi connectivity index (χ3v) is 4.74. The van der Waals surface area contributed by atoms with Crippen molar-refractivity contribution >= 4 is 16.9 Å². The highest BCUT2D eigenvalue weighted by molar-refractivity contribution is 5.83. The molecule has 0 aliphatic heterocycles. The lowest BCUT2D eigenvalue weighted by molar-refractivity contribution is -0.119. The van der Waals surface area contributed by atoms with Gasteiger partial charge in [0.25, 0.3) is 0 Å². The van der Waals surface area contributed by atoms with Crippen molar-refractivity contribution in [3.63, 3.8) is 0 Å². The van der Waals surface area contributed by atoms with Crippen molar-refractivity contribution in [2.45, 2.75) is 33.0 Å². The fourth-order valence-corrected chi connectivity index (χ4v) is 3.06. The molecule has 1 heterocycles. The van der Waals surface area contributed by atoms with E-state index in [0.29, 0.717) is 31.9 Å². The molecule has 0 unspecified atom stereocenters. The SMILES string of the molecule is CCOCCn1c(CN[C@@H](C)C(N)=O)nc2ccc(-c3ccc(F)c(F)c3)cc21. The first-order valence-corrected chi connectivity index (χ1v) is 9.45. The van der Waals surface area contributed by atoms with Crippen LogP contribution in [0.4, 0.5) is 8.78 Å². The Morgan fingerprint density at radius 1 is 1.21 bits per heavy atom. The molecule has 0 fully saturated rings. The number of nitrogens with zero attached hydrogens (tertiary/aromatic N) is 2. The van der Waals surface area contributed by atoms with E-state index in [2.05, 4.69) is 10.3 Å². The third-order valence-electron chi connectivity index (χ3n) is 4.74. The number of hydrogen-bond acceptors (Lipinski definition) is 4. The number of rotatable bonds is 9. The molecule has 154 valence electrons. The van der Waals surface area contributed by atoms with Crippen LogP contribution < -0.4 is 11.1 Å². The third kappa shape index (κ3) is 4.78. The summed E-state index contributed by atoms with van der Waals surface area (Å²) < 4.78 is 34.4. The Kier molecular flexibility index (Phi) is 6.56. The molecule has 1 amide bonds. The molecular weight excluding hydrogens is 378 g/mol. The fraction of sp³-hybridized carbons (Fsp3) is 0.333. The second-order valence-electron chi connectivity index (χ2n) is 6.71. The average Bonchev–Trinajstić information content (AvgIpc) is 3.05. The molecule has 3 rings (SSSR count). The zero-order valence-corrected chi connectivity index (χ0v) is 16.4. The monoisotopic (exact) mass is 402 g/mol. The quantitative estimate of drug-likeness (QED) is 0.539. The van der Waals surface area contributed by atoms with E-state index in [-0.39, 0.29) is 0 Å². The van der Waals surface area contributed by atoms with E-state index in [0.717, 1.165) is 28.5 Å². The first-order valence-electron chi connectivity index (χ1n) is 9.45. The molecule has 0 spiro atoms. The van der Waals surface area contributed by atoms with Crippen LogP contribution in [0.15, 0.2) is 36.4 Å². The van der Waals surface area contributed by atoms with Gasteiger partial charge in [-0.05, 0) is 49.2 Å². The number of benzene rings is 2. The summed E-state index contributed by atoms with van der Waals surface area (Å²) in [6.07, 6.45) is 0. The lowest BCUT2D eigenvalue weighted by Crippen LogP contribution is -2.38. The van der Waals surface area contributed by atoms with E-state index in [4.69, 9.17) is 10.5 Å². The van der Waals surface area contributed by atoms with Gasteiger partial charge in [0.15, 0.2) is 11.6 Å². The Bertz CT molecular complexity index is 1020. The van der Waals surface area contributed by atoms with E-state index < -0.39 is 23.6 Å². The van der Waals surface area contributed by atoms with Gasteiger partial charge < -0.3 is 15.0 Å². The molecule has 0 aliphatic rings. The summed E-state index contributed by atoms with van der Waals surface area (Å²) in [6, 6.07) is 8.88. The maximum atomic E-state index is 13.7. The minimum atomic E-state index is -0.891. The van der Waals surface area contributed by atoms with Crippen LogP contribution >= 0.6 is 0 Å². The van der Waals surface area contributed by atoms with Crippen LogP contribution in [-0.2, 0) is 22.6 Å². The van der Waals surface area contributed by atoms with Gasteiger partial charge in [-0.25, -0.2) is 13.8 Å². The Morgan fingerprint density at radius 3 is 2.62 bits per heavy atom. The molecular formula is C21H24F2N4O2. The van der Waals surface area contributed by atoms with Crippen LogP contribution in [0.2, 0.25) is 0 Å². The van der Waals surface area contributed by atoms with Crippen molar-refractivity contribution in [2.75, 3.05) is 13.2 Å². The van der Waals surface area contributed by atoms with Gasteiger partial charge >= 0.3 is 0 Å². The average molecular weight is 402 g/mol. The highest BCUT2D eigenvalue weighted by atomic mass is 19.2. The minimum Gasteiger partial charge on any atom is -0.380 e. The van der Waals surface area contributed by atoms with E-state index in [1.54, 1.807) is 6.92 Å². The summed E-state index contributed by atoms with van der Waals surface area (Å²) in [6.45, 7) is 5.62. The first-order chi connectivity index (χ1) is 13.9. The van der Waals surface area contributed by atoms with Gasteiger partial charge in [0.2, 0.25) is 5.91 Å². The molecule has 0 saturated heterocycles. The molecule has 29 heavy (non-hydrogen) atoms. The van der Waals surface area contributed by atoms with Crippen molar-refractivity contribution in [2.24, 2.45) is 5.73 Å². The smallest absolute Gasteiger partial charge is 0.234 e. The number of carbonyl (C=O) groups excluding carboxylic acids is 1. The highest BCUT2D eigenvalue weighted by Crippen LogP contribution is 2.26. The molecule has 3 aromatic rings. The van der Waals surface area contributed by atoms with Crippen molar-refractivity contribution in [3.05, 3.63) is 53.9 Å². The normalized spacial score (nSPS) is 12.4. The second-order valence-corrected chi connectivity index (χ2v) is 6.71. The Balaban J connectivity index is 1.98. The number of nitrogens with one attached hydrogen (secondary N) is 1. The molecule has 0 bridgehead atoms. The number of hydrogen-bond donors (Lipinski definition) is 2. The highest BCUT2D eigenvalue weighted by Gasteiger charge is 2.15. The molecule has 0 aliphatic carbocycles. The van der Waals surface area contributed by atoms with Crippen molar-refractivity contribution in [3.8, 4) is 11.1 Å². The van der Waals surface area contributed by atoms with Crippen LogP contribution in [0.25, 0.3) is 22.2 Å². The zero-order valence-electron chi connectivity index (χ0n) is 16.4. The number of aromatic nitrogens is 2. The fourth-order valence-electron chi connectivity index (χ4n) is 3.06. The van der Waals surface area contributed by atoms with E-state index in [9.17, 15) is 13.6 Å². The minimum absolute atomic E-state index is 0.353. The molecule has 8 heteroatoms. The molecule has 2 aromatic carbocycles. The second kappa shape index (κ2) is 9.11. The summed E-state index contributed by atoms with van der Waals surface area (Å²) in [5, 5.41) is 3.06. The number of halogens is 2. The largest absolute Gasteiger partial charge is 0.380 e. The maximum Gasteiger partial charge on any atom is 0.234 e. The van der Waals surface area contributed by atoms with Crippen molar-refractivity contribution in [1.82, 2.24) is 14.9 Å². The standard InChI is InChI=1S/C21H24F2N4O2/c1-3-29-9-8-27-19-11-15(14-4-6-16(22)17(23)10-14)5-7-18(19)26-20(27)12-25-13(2)21(24)28/h4-7,10-11,13,25H,3,8-9,12H2,1-2H3,(H2,24,28)/t13-/m0/s1. The summed E-state index contributed by atoms with van der Waals surface area (Å²) >= 11 is 0. The summed E-state index contributed by atoms with van der Waals surface area (Å²) in [5.41, 5.74) is 8.24. The number of imidazole rings is 1. The van der Waals surface area contributed by atoms with Gasteiger partial charge in [0, 0.05) is 13.2 Å². The maximum absolute atomic E-state index is 13.7. The van der Waals surface area contributed by atoms with Crippen LogP contribution in [0.3, 0.4) is 0 Å². The van der Waals surface area contributed by atoms with Crippen LogP contribution in [0.1, 0.15) is 19.7 Å². The van der Waals surface area contributed by atoms with Gasteiger partial charge in [-0.3, -0.25) is 10.1 Å². The Labute approximate surface area is 167 Å². The first kappa shape index (κ1) is 20.9. The lowest BCUT2D eigenvalue weighted by atomic mass is 10.0. The molecule has 3 N–H and O–H groups in total. The molecule has 1 atom stereocenters. The van der Waals surface area contributed by atoms with Crippen LogP contribution in [0.5, 0.6) is 0 Å². The Hall–Kier alpha value is -2.84. The van der Waals surface area contributed by atoms with Crippen molar-refractivity contribution in [1.29, 1.82) is 0 Å². The predicted octanol–water partition coefficient (Wildman–Crippen LogP) is 2.98. The number of carbonyl (C=O) groups is 1. The number of fused-ring (bicyclic) bond motifs is 1. The number of amides is 1. The summed E-state index contributed by atoms with van der Waals surface area (Å²) in [4.78, 5) is 15.9. The van der Waals surface area contributed by atoms with Gasteiger partial charge in [0.05, 0.1) is 30.2 Å². The van der Waals surface area contributed by atoms with E-state index >= 15 is 0 Å². The summed E-state index contributed by atoms with van der Waals surface area (Å²) in [5.74, 6) is -1.48. The Morgan fingerprint density at radius 2 is 1.93 bits per heavy atom. The number of primary amides is 1. The predicted molar refractivity (Wildman–Crippen MR) is 107 cm³/mol. The van der Waals surface area contributed by atoms with Gasteiger partial charge in [-0.2, -0.15) is 0 Å². The molecule has 0 radical (unpaired) electrons. The van der Waals surface area contributed by atoms with E-state index in [1.165, 1.54) is 12.1 Å². The molecule has 0 saturated carbocycles. The van der Waals surface area contributed by atoms with E-state index in [1.807, 2.05) is 29.7 Å². The lowest BCUT2D eigenvalue weighted by Gasteiger charge is -2.13. The van der Waals surface area contributed by atoms with Gasteiger partial charge in [-0.15, -0.1) is 0 Å². The van der Waals surface area contributed by atoms with Gasteiger partial charge in [-0.1, -0.05) is 12.1 Å². The summed E-state index contributed by atoms with van der Waals surface area (Å²) in [7, 11) is 0. The topological polar surface area (TPSA) is 82.2 Å². The van der Waals surface area contributed by atoms with Crippen LogP contribution in [-0.4, -0.2) is 34.7 Å². The number of ether oxygens (including phenoxy) is 1.